The minimum atomic E-state index is -0.153. The molecule has 0 unspecified atom stereocenters. The molecule has 1 aliphatic carbocycles. The standard InChI is InChI=1S/C15H17N3O2S/c19-13-11-9-5-4-6-10(9)21-14(11)17-12(16-13)15(20)18-7-2-1-3-8-18/h1-8H2,(H,16,17,19). The number of rotatable bonds is 1. The second kappa shape index (κ2) is 4.94. The molecule has 4 rings (SSSR count). The van der Waals surface area contributed by atoms with Crippen LogP contribution < -0.4 is 5.56 Å². The summed E-state index contributed by atoms with van der Waals surface area (Å²) in [6.45, 7) is 1.53. The van der Waals surface area contributed by atoms with E-state index < -0.39 is 0 Å². The Kier molecular flexibility index (Phi) is 3.06. The molecule has 110 valence electrons. The first-order valence-electron chi connectivity index (χ1n) is 7.58. The van der Waals surface area contributed by atoms with Crippen LogP contribution in [-0.2, 0) is 12.8 Å². The predicted molar refractivity (Wildman–Crippen MR) is 82.0 cm³/mol. The maximum Gasteiger partial charge on any atom is 0.289 e. The van der Waals surface area contributed by atoms with Gasteiger partial charge in [0.15, 0.2) is 0 Å². The molecule has 0 spiro atoms. The molecule has 1 amide bonds. The van der Waals surface area contributed by atoms with Crippen LogP contribution in [0.5, 0.6) is 0 Å². The summed E-state index contributed by atoms with van der Waals surface area (Å²) in [5.74, 6) is 0.0663. The van der Waals surface area contributed by atoms with Crippen LogP contribution in [0.15, 0.2) is 4.79 Å². The van der Waals surface area contributed by atoms with Crippen molar-refractivity contribution in [2.24, 2.45) is 0 Å². The number of amides is 1. The van der Waals surface area contributed by atoms with Crippen LogP contribution in [0.4, 0.5) is 0 Å². The van der Waals surface area contributed by atoms with Crippen LogP contribution in [-0.4, -0.2) is 33.9 Å². The smallest absolute Gasteiger partial charge is 0.289 e. The highest BCUT2D eigenvalue weighted by molar-refractivity contribution is 7.18. The highest BCUT2D eigenvalue weighted by Crippen LogP contribution is 2.34. The Balaban J connectivity index is 1.76. The zero-order valence-electron chi connectivity index (χ0n) is 11.8. The number of carbonyl (C=O) groups excluding carboxylic acids is 1. The molecule has 5 nitrogen and oxygen atoms in total. The summed E-state index contributed by atoms with van der Waals surface area (Å²) in [6.07, 6.45) is 6.34. The maximum atomic E-state index is 12.5. The monoisotopic (exact) mass is 303 g/mol. The molecule has 2 aliphatic rings. The van der Waals surface area contributed by atoms with Crippen molar-refractivity contribution in [3.63, 3.8) is 0 Å². The van der Waals surface area contributed by atoms with Crippen LogP contribution in [0.1, 0.15) is 46.7 Å². The number of aromatic nitrogens is 2. The van der Waals surface area contributed by atoms with Crippen molar-refractivity contribution in [2.75, 3.05) is 13.1 Å². The number of piperidine rings is 1. The molecule has 0 aromatic carbocycles. The summed E-state index contributed by atoms with van der Waals surface area (Å²) in [5, 5.41) is 0.711. The van der Waals surface area contributed by atoms with E-state index in [1.807, 2.05) is 0 Å². The number of nitrogens with zero attached hydrogens (tertiary/aromatic N) is 2. The fraction of sp³-hybridized carbons (Fsp3) is 0.533. The van der Waals surface area contributed by atoms with Crippen LogP contribution in [0, 0.1) is 0 Å². The van der Waals surface area contributed by atoms with Crippen molar-refractivity contribution in [2.45, 2.75) is 38.5 Å². The van der Waals surface area contributed by atoms with Gasteiger partial charge in [-0.1, -0.05) is 0 Å². The minimum Gasteiger partial charge on any atom is -0.336 e. The lowest BCUT2D eigenvalue weighted by Crippen LogP contribution is -2.37. The van der Waals surface area contributed by atoms with Gasteiger partial charge in [-0.2, -0.15) is 0 Å². The Morgan fingerprint density at radius 1 is 1.14 bits per heavy atom. The van der Waals surface area contributed by atoms with Gasteiger partial charge in [0.2, 0.25) is 5.82 Å². The van der Waals surface area contributed by atoms with Crippen molar-refractivity contribution in [1.82, 2.24) is 14.9 Å². The summed E-state index contributed by atoms with van der Waals surface area (Å²) < 4.78 is 0. The Labute approximate surface area is 126 Å². The molecule has 0 atom stereocenters. The maximum absolute atomic E-state index is 12.5. The molecule has 0 saturated carbocycles. The Hall–Kier alpha value is -1.69. The number of hydrogen-bond donors (Lipinski definition) is 1. The zero-order valence-corrected chi connectivity index (χ0v) is 12.6. The SMILES string of the molecule is O=C(c1nc2sc3c(c2c(=O)[nH]1)CCC3)N1CCCCC1. The van der Waals surface area contributed by atoms with Crippen LogP contribution in [0.2, 0.25) is 0 Å². The minimum absolute atomic E-state index is 0.137. The van der Waals surface area contributed by atoms with Gasteiger partial charge in [-0.05, 0) is 44.1 Å². The Bertz CT molecular complexity index is 771. The zero-order chi connectivity index (χ0) is 14.4. The van der Waals surface area contributed by atoms with Gasteiger partial charge in [0.25, 0.3) is 11.5 Å². The molecule has 2 aromatic rings. The highest BCUT2D eigenvalue weighted by Gasteiger charge is 2.24. The van der Waals surface area contributed by atoms with Gasteiger partial charge >= 0.3 is 0 Å². The van der Waals surface area contributed by atoms with Crippen molar-refractivity contribution in [1.29, 1.82) is 0 Å². The Morgan fingerprint density at radius 3 is 2.76 bits per heavy atom. The molecule has 0 radical (unpaired) electrons. The quantitative estimate of drug-likeness (QED) is 0.877. The molecule has 1 aliphatic heterocycles. The second-order valence-electron chi connectivity index (χ2n) is 5.80. The highest BCUT2D eigenvalue weighted by atomic mass is 32.1. The fourth-order valence-electron chi connectivity index (χ4n) is 3.35. The average molecular weight is 303 g/mol. The van der Waals surface area contributed by atoms with Crippen molar-refractivity contribution < 1.29 is 4.79 Å². The summed E-state index contributed by atoms with van der Waals surface area (Å²) in [4.78, 5) is 35.8. The lowest BCUT2D eigenvalue weighted by Gasteiger charge is -2.25. The lowest BCUT2D eigenvalue weighted by molar-refractivity contribution is 0.0712. The molecule has 1 N–H and O–H groups in total. The number of carbonyl (C=O) groups is 1. The first-order valence-corrected chi connectivity index (χ1v) is 8.39. The van der Waals surface area contributed by atoms with Gasteiger partial charge < -0.3 is 9.88 Å². The third-order valence-electron chi connectivity index (χ3n) is 4.42. The number of hydrogen-bond acceptors (Lipinski definition) is 4. The normalized spacial score (nSPS) is 18.2. The molecule has 2 aromatic heterocycles. The number of nitrogens with one attached hydrogen (secondary N) is 1. The summed E-state index contributed by atoms with van der Waals surface area (Å²) in [6, 6.07) is 0. The van der Waals surface area contributed by atoms with Gasteiger partial charge in [-0.15, -0.1) is 11.3 Å². The van der Waals surface area contributed by atoms with Crippen molar-refractivity contribution in [3.05, 3.63) is 26.6 Å². The number of thiophene rings is 1. The van der Waals surface area contributed by atoms with E-state index in [2.05, 4.69) is 9.97 Å². The van der Waals surface area contributed by atoms with Crippen molar-refractivity contribution in [3.8, 4) is 0 Å². The van der Waals surface area contributed by atoms with E-state index in [0.717, 1.165) is 55.6 Å². The average Bonchev–Trinajstić information content (AvgIpc) is 3.07. The molecule has 6 heteroatoms. The summed E-state index contributed by atoms with van der Waals surface area (Å²) in [7, 11) is 0. The number of aromatic amines is 1. The summed E-state index contributed by atoms with van der Waals surface area (Å²) >= 11 is 1.58. The van der Waals surface area contributed by atoms with E-state index in [-0.39, 0.29) is 17.3 Å². The van der Waals surface area contributed by atoms with Gasteiger partial charge in [0, 0.05) is 18.0 Å². The fourth-order valence-corrected chi connectivity index (χ4v) is 4.61. The predicted octanol–water partition coefficient (Wildman–Crippen LogP) is 2.10. The first-order chi connectivity index (χ1) is 10.2. The summed E-state index contributed by atoms with van der Waals surface area (Å²) in [5.41, 5.74) is 1.00. The number of aryl methyl sites for hydroxylation is 2. The third kappa shape index (κ3) is 2.09. The number of fused-ring (bicyclic) bond motifs is 3. The van der Waals surface area contributed by atoms with E-state index in [4.69, 9.17) is 0 Å². The molecular weight excluding hydrogens is 286 g/mol. The molecule has 3 heterocycles. The topological polar surface area (TPSA) is 66.1 Å². The van der Waals surface area contributed by atoms with E-state index >= 15 is 0 Å². The molecule has 0 bridgehead atoms. The van der Waals surface area contributed by atoms with Gasteiger partial charge in [-0.25, -0.2) is 4.98 Å². The number of likely N-dealkylation sites (tertiary alicyclic amines) is 1. The molecular formula is C15H17N3O2S. The second-order valence-corrected chi connectivity index (χ2v) is 6.89. The molecule has 21 heavy (non-hydrogen) atoms. The van der Waals surface area contributed by atoms with Crippen LogP contribution in [0.25, 0.3) is 10.2 Å². The van der Waals surface area contributed by atoms with Gasteiger partial charge in [0.05, 0.1) is 5.39 Å². The van der Waals surface area contributed by atoms with Crippen LogP contribution >= 0.6 is 11.3 Å². The first kappa shape index (κ1) is 13.0. The third-order valence-corrected chi connectivity index (χ3v) is 5.61. The lowest BCUT2D eigenvalue weighted by atomic mass is 10.1. The van der Waals surface area contributed by atoms with E-state index in [1.54, 1.807) is 16.2 Å². The Morgan fingerprint density at radius 2 is 1.95 bits per heavy atom. The van der Waals surface area contributed by atoms with Gasteiger partial charge in [0.1, 0.15) is 4.83 Å². The van der Waals surface area contributed by atoms with Gasteiger partial charge in [-0.3, -0.25) is 9.59 Å². The van der Waals surface area contributed by atoms with Crippen LogP contribution in [0.3, 0.4) is 0 Å². The largest absolute Gasteiger partial charge is 0.336 e. The van der Waals surface area contributed by atoms with E-state index in [9.17, 15) is 9.59 Å². The van der Waals surface area contributed by atoms with Crippen molar-refractivity contribution >= 4 is 27.5 Å². The molecule has 1 saturated heterocycles. The molecule has 1 fully saturated rings. The van der Waals surface area contributed by atoms with E-state index in [1.165, 1.54) is 11.3 Å². The number of H-pyrrole nitrogens is 1. The van der Waals surface area contributed by atoms with E-state index in [0.29, 0.717) is 5.39 Å².